The van der Waals surface area contributed by atoms with E-state index in [0.29, 0.717) is 46.3 Å². The standard InChI is InChI=1S/C35H36N6O4/c1-21(2)28-16-15-27-31(40-28)37-20-38-32(27)41-29-18-24(33(42)39-25-11-6-22(3)7-12-25)10-17-30(29)44-26-13-8-23(9-14-26)19-35(4,5)45-34(36)43/h6-18,20-21H,19H2,1-5H3,(H2,36,43)(H,39,42)(H,37,38,40,41). The summed E-state index contributed by atoms with van der Waals surface area (Å²) in [7, 11) is 0. The second-order valence-electron chi connectivity index (χ2n) is 11.7. The van der Waals surface area contributed by atoms with Crippen LogP contribution in [0.25, 0.3) is 11.0 Å². The van der Waals surface area contributed by atoms with Crippen LogP contribution in [0.2, 0.25) is 0 Å². The Balaban J connectivity index is 1.45. The minimum Gasteiger partial charge on any atom is -0.455 e. The molecule has 5 aromatic rings. The van der Waals surface area contributed by atoms with Gasteiger partial charge in [-0.15, -0.1) is 0 Å². The molecule has 2 aromatic heterocycles. The predicted octanol–water partition coefficient (Wildman–Crippen LogP) is 7.66. The van der Waals surface area contributed by atoms with Crippen molar-refractivity contribution in [3.8, 4) is 11.5 Å². The summed E-state index contributed by atoms with van der Waals surface area (Å²) in [5, 5.41) is 7.03. The van der Waals surface area contributed by atoms with E-state index in [9.17, 15) is 9.59 Å². The summed E-state index contributed by atoms with van der Waals surface area (Å²) in [5.74, 6) is 1.55. The monoisotopic (exact) mass is 604 g/mol. The SMILES string of the molecule is Cc1ccc(NC(=O)c2ccc(Oc3ccc(CC(C)(C)OC(N)=O)cc3)c(Nc3ncnc4nc(C(C)C)ccc34)c2)cc1. The van der Waals surface area contributed by atoms with Crippen LogP contribution in [0.4, 0.5) is 22.0 Å². The molecule has 0 fully saturated rings. The van der Waals surface area contributed by atoms with Crippen LogP contribution in [0.15, 0.2) is 85.2 Å². The van der Waals surface area contributed by atoms with Gasteiger partial charge in [0.15, 0.2) is 11.4 Å². The van der Waals surface area contributed by atoms with E-state index in [0.717, 1.165) is 22.2 Å². The number of nitrogens with two attached hydrogens (primary N) is 1. The van der Waals surface area contributed by atoms with E-state index in [1.807, 2.05) is 67.6 Å². The number of ether oxygens (including phenoxy) is 2. The van der Waals surface area contributed by atoms with Crippen molar-refractivity contribution in [3.63, 3.8) is 0 Å². The molecule has 45 heavy (non-hydrogen) atoms. The number of aryl methyl sites for hydroxylation is 1. The lowest BCUT2D eigenvalue weighted by Gasteiger charge is -2.24. The molecular formula is C35H36N6O4. The van der Waals surface area contributed by atoms with E-state index in [1.54, 1.807) is 32.0 Å². The highest BCUT2D eigenvalue weighted by atomic mass is 16.6. The molecule has 0 radical (unpaired) electrons. The van der Waals surface area contributed by atoms with Crippen molar-refractivity contribution in [3.05, 3.63) is 108 Å². The summed E-state index contributed by atoms with van der Waals surface area (Å²) >= 11 is 0. The van der Waals surface area contributed by atoms with Gasteiger partial charge in [0.2, 0.25) is 0 Å². The van der Waals surface area contributed by atoms with Crippen molar-refractivity contribution < 1.29 is 19.1 Å². The Morgan fingerprint density at radius 1 is 0.933 bits per heavy atom. The Hall–Kier alpha value is -5.51. The number of amides is 2. The number of pyridine rings is 1. The fourth-order valence-corrected chi connectivity index (χ4v) is 4.81. The molecule has 0 unspecified atom stereocenters. The molecule has 2 heterocycles. The third-order valence-electron chi connectivity index (χ3n) is 7.07. The average molecular weight is 605 g/mol. The predicted molar refractivity (Wildman–Crippen MR) is 175 cm³/mol. The highest BCUT2D eigenvalue weighted by Gasteiger charge is 2.22. The zero-order valence-corrected chi connectivity index (χ0v) is 25.9. The van der Waals surface area contributed by atoms with Gasteiger partial charge in [0, 0.05) is 23.4 Å². The lowest BCUT2D eigenvalue weighted by molar-refractivity contribution is 0.0460. The van der Waals surface area contributed by atoms with Crippen molar-refractivity contribution in [2.24, 2.45) is 5.73 Å². The number of carbonyl (C=O) groups is 2. The van der Waals surface area contributed by atoms with Gasteiger partial charge in [-0.25, -0.2) is 19.7 Å². The number of aromatic nitrogens is 3. The van der Waals surface area contributed by atoms with Gasteiger partial charge in [-0.1, -0.05) is 43.7 Å². The average Bonchev–Trinajstić information content (AvgIpc) is 2.99. The number of nitrogens with one attached hydrogen (secondary N) is 2. The van der Waals surface area contributed by atoms with Crippen LogP contribution in [0, 0.1) is 6.92 Å². The molecule has 10 nitrogen and oxygen atoms in total. The van der Waals surface area contributed by atoms with Crippen LogP contribution in [0.3, 0.4) is 0 Å². The second kappa shape index (κ2) is 13.0. The number of anilines is 3. The summed E-state index contributed by atoms with van der Waals surface area (Å²) in [4.78, 5) is 38.0. The van der Waals surface area contributed by atoms with Crippen LogP contribution < -0.4 is 21.1 Å². The number of nitrogens with zero attached hydrogens (tertiary/aromatic N) is 3. The first kappa shape index (κ1) is 30.9. The van der Waals surface area contributed by atoms with Crippen molar-refractivity contribution in [1.82, 2.24) is 15.0 Å². The number of rotatable bonds is 10. The number of hydrogen-bond acceptors (Lipinski definition) is 8. The van der Waals surface area contributed by atoms with Crippen molar-refractivity contribution in [1.29, 1.82) is 0 Å². The second-order valence-corrected chi connectivity index (χ2v) is 11.7. The Morgan fingerprint density at radius 2 is 1.67 bits per heavy atom. The molecule has 0 aliphatic heterocycles. The molecule has 10 heteroatoms. The Kier molecular flexibility index (Phi) is 8.94. The van der Waals surface area contributed by atoms with Gasteiger partial charge in [0.1, 0.15) is 23.5 Å². The zero-order valence-electron chi connectivity index (χ0n) is 25.9. The number of hydrogen-bond donors (Lipinski definition) is 3. The highest BCUT2D eigenvalue weighted by Crippen LogP contribution is 2.35. The van der Waals surface area contributed by atoms with Crippen molar-refractivity contribution in [2.75, 3.05) is 10.6 Å². The molecule has 0 atom stereocenters. The van der Waals surface area contributed by atoms with Crippen LogP contribution >= 0.6 is 0 Å². The van der Waals surface area contributed by atoms with Gasteiger partial charge in [-0.2, -0.15) is 0 Å². The summed E-state index contributed by atoms with van der Waals surface area (Å²) < 4.78 is 11.5. The van der Waals surface area contributed by atoms with Gasteiger partial charge in [-0.05, 0) is 86.8 Å². The van der Waals surface area contributed by atoms with Gasteiger partial charge < -0.3 is 25.8 Å². The zero-order chi connectivity index (χ0) is 32.1. The maximum absolute atomic E-state index is 13.3. The Bertz CT molecular complexity index is 1840. The Morgan fingerprint density at radius 3 is 2.36 bits per heavy atom. The largest absolute Gasteiger partial charge is 0.455 e. The maximum atomic E-state index is 13.3. The minimum atomic E-state index is -0.816. The molecule has 5 rings (SSSR count). The molecule has 4 N–H and O–H groups in total. The normalized spacial score (nSPS) is 11.3. The quantitative estimate of drug-likeness (QED) is 0.147. The number of primary amides is 1. The summed E-state index contributed by atoms with van der Waals surface area (Å²) in [5.41, 5.74) is 9.63. The number of fused-ring (bicyclic) bond motifs is 1. The minimum absolute atomic E-state index is 0.248. The Labute approximate surface area is 262 Å². The fraction of sp³-hybridized carbons (Fsp3) is 0.229. The van der Waals surface area contributed by atoms with Gasteiger partial charge >= 0.3 is 6.09 Å². The third-order valence-corrected chi connectivity index (χ3v) is 7.07. The first-order chi connectivity index (χ1) is 21.5. The molecule has 0 aliphatic carbocycles. The van der Waals surface area contributed by atoms with Crippen LogP contribution in [0.5, 0.6) is 11.5 Å². The summed E-state index contributed by atoms with van der Waals surface area (Å²) in [6.07, 6.45) is 1.11. The lowest BCUT2D eigenvalue weighted by atomic mass is 9.98. The summed E-state index contributed by atoms with van der Waals surface area (Å²) in [6.45, 7) is 9.74. The number of carbonyl (C=O) groups excluding carboxylic acids is 2. The van der Waals surface area contributed by atoms with Crippen molar-refractivity contribution >= 4 is 40.2 Å². The third kappa shape index (κ3) is 7.91. The smallest absolute Gasteiger partial charge is 0.405 e. The fourth-order valence-electron chi connectivity index (χ4n) is 4.81. The molecule has 0 saturated heterocycles. The van der Waals surface area contributed by atoms with Gasteiger partial charge in [-0.3, -0.25) is 4.79 Å². The molecule has 0 aliphatic rings. The molecule has 230 valence electrons. The van der Waals surface area contributed by atoms with Gasteiger partial charge in [0.05, 0.1) is 11.1 Å². The van der Waals surface area contributed by atoms with E-state index in [2.05, 4.69) is 34.4 Å². The summed E-state index contributed by atoms with van der Waals surface area (Å²) in [6, 6.07) is 24.1. The first-order valence-electron chi connectivity index (χ1n) is 14.6. The first-order valence-corrected chi connectivity index (χ1v) is 14.6. The lowest BCUT2D eigenvalue weighted by Crippen LogP contribution is -2.33. The molecule has 3 aromatic carbocycles. The number of benzene rings is 3. The van der Waals surface area contributed by atoms with Crippen molar-refractivity contribution in [2.45, 2.75) is 52.6 Å². The van der Waals surface area contributed by atoms with E-state index < -0.39 is 11.7 Å². The van der Waals surface area contributed by atoms with E-state index in [1.165, 1.54) is 6.33 Å². The topological polar surface area (TPSA) is 141 Å². The van der Waals surface area contributed by atoms with Gasteiger partial charge in [0.25, 0.3) is 5.91 Å². The molecule has 2 amide bonds. The molecule has 0 saturated carbocycles. The molecule has 0 bridgehead atoms. The molecule has 0 spiro atoms. The van der Waals surface area contributed by atoms with E-state index in [4.69, 9.17) is 20.2 Å². The van der Waals surface area contributed by atoms with Crippen LogP contribution in [-0.4, -0.2) is 32.6 Å². The maximum Gasteiger partial charge on any atom is 0.405 e. The van der Waals surface area contributed by atoms with E-state index >= 15 is 0 Å². The van der Waals surface area contributed by atoms with Crippen LogP contribution in [-0.2, 0) is 11.2 Å². The van der Waals surface area contributed by atoms with Crippen LogP contribution in [0.1, 0.15) is 60.8 Å². The highest BCUT2D eigenvalue weighted by molar-refractivity contribution is 6.05. The van der Waals surface area contributed by atoms with E-state index in [-0.39, 0.29) is 11.8 Å². The molecular weight excluding hydrogens is 568 g/mol.